The Morgan fingerprint density at radius 1 is 1.56 bits per heavy atom. The van der Waals surface area contributed by atoms with Crippen molar-refractivity contribution in [1.29, 1.82) is 5.26 Å². The van der Waals surface area contributed by atoms with Gasteiger partial charge in [0.1, 0.15) is 0 Å². The van der Waals surface area contributed by atoms with E-state index in [1.54, 1.807) is 0 Å². The first-order valence-electron chi connectivity index (χ1n) is 3.39. The van der Waals surface area contributed by atoms with Crippen LogP contribution in [-0.4, -0.2) is 0 Å². The van der Waals surface area contributed by atoms with Crippen LogP contribution in [0.4, 0.5) is 0 Å². The lowest BCUT2D eigenvalue weighted by atomic mass is 10.1. The van der Waals surface area contributed by atoms with Crippen LogP contribution in [0.3, 0.4) is 0 Å². The molecule has 1 heteroatoms. The summed E-state index contributed by atoms with van der Waals surface area (Å²) in [6, 6.07) is 2.28. The van der Waals surface area contributed by atoms with E-state index in [0.29, 0.717) is 11.8 Å². The summed E-state index contributed by atoms with van der Waals surface area (Å²) in [6.07, 6.45) is 5.26. The SMILES string of the molecule is C=C[C@@H]1CC[C@H](C#N)C1. The minimum absolute atomic E-state index is 0.313. The van der Waals surface area contributed by atoms with E-state index in [1.165, 1.54) is 6.42 Å². The van der Waals surface area contributed by atoms with E-state index < -0.39 is 0 Å². The third-order valence-electron chi connectivity index (χ3n) is 1.99. The molecular formula is C8H11N. The highest BCUT2D eigenvalue weighted by Gasteiger charge is 2.21. The average Bonchev–Trinajstić information content (AvgIpc) is 2.34. The molecule has 9 heavy (non-hydrogen) atoms. The van der Waals surface area contributed by atoms with Crippen LogP contribution in [0, 0.1) is 23.2 Å². The highest BCUT2D eigenvalue weighted by molar-refractivity contribution is 4.95. The van der Waals surface area contributed by atoms with Crippen LogP contribution >= 0.6 is 0 Å². The summed E-state index contributed by atoms with van der Waals surface area (Å²) in [7, 11) is 0. The molecule has 1 saturated carbocycles. The zero-order valence-corrected chi connectivity index (χ0v) is 5.51. The van der Waals surface area contributed by atoms with Crippen LogP contribution in [-0.2, 0) is 0 Å². The topological polar surface area (TPSA) is 23.8 Å². The van der Waals surface area contributed by atoms with E-state index in [2.05, 4.69) is 12.6 Å². The van der Waals surface area contributed by atoms with Gasteiger partial charge >= 0.3 is 0 Å². The Bertz CT molecular complexity index is 143. The molecule has 0 unspecified atom stereocenters. The van der Waals surface area contributed by atoms with Crippen molar-refractivity contribution < 1.29 is 0 Å². The molecule has 0 heterocycles. The van der Waals surface area contributed by atoms with Crippen molar-refractivity contribution in [3.63, 3.8) is 0 Å². The lowest BCUT2D eigenvalue weighted by Gasteiger charge is -1.96. The normalized spacial score (nSPS) is 33.7. The summed E-state index contributed by atoms with van der Waals surface area (Å²) in [4.78, 5) is 0. The molecule has 1 fully saturated rings. The van der Waals surface area contributed by atoms with Crippen LogP contribution in [0.5, 0.6) is 0 Å². The van der Waals surface area contributed by atoms with E-state index >= 15 is 0 Å². The molecule has 0 aromatic rings. The van der Waals surface area contributed by atoms with Crippen LogP contribution < -0.4 is 0 Å². The van der Waals surface area contributed by atoms with E-state index in [9.17, 15) is 0 Å². The molecule has 0 radical (unpaired) electrons. The second kappa shape index (κ2) is 2.68. The monoisotopic (exact) mass is 121 g/mol. The van der Waals surface area contributed by atoms with Crippen molar-refractivity contribution in [2.45, 2.75) is 19.3 Å². The minimum atomic E-state index is 0.313. The quantitative estimate of drug-likeness (QED) is 0.487. The Kier molecular flexibility index (Phi) is 1.89. The first-order valence-corrected chi connectivity index (χ1v) is 3.39. The molecule has 0 bridgehead atoms. The molecule has 0 N–H and O–H groups in total. The zero-order chi connectivity index (χ0) is 6.69. The molecule has 0 aliphatic heterocycles. The standard InChI is InChI=1S/C8H11N/c1-2-7-3-4-8(5-7)6-9/h2,7-8H,1,3-5H2/t7-,8+/m1/s1. The largest absolute Gasteiger partial charge is 0.198 e. The maximum atomic E-state index is 8.50. The molecule has 1 aliphatic carbocycles. The van der Waals surface area contributed by atoms with Gasteiger partial charge in [0.2, 0.25) is 0 Å². The smallest absolute Gasteiger partial charge is 0.0656 e. The fourth-order valence-corrected chi connectivity index (χ4v) is 1.35. The van der Waals surface area contributed by atoms with Gasteiger partial charge in [0.25, 0.3) is 0 Å². The van der Waals surface area contributed by atoms with Gasteiger partial charge in [-0.25, -0.2) is 0 Å². The lowest BCUT2D eigenvalue weighted by Crippen LogP contribution is -1.89. The third-order valence-corrected chi connectivity index (χ3v) is 1.99. The molecule has 1 nitrogen and oxygen atoms in total. The first kappa shape index (κ1) is 6.35. The van der Waals surface area contributed by atoms with E-state index in [1.807, 2.05) is 6.08 Å². The molecule has 0 aromatic carbocycles. The predicted molar refractivity (Wildman–Crippen MR) is 36.6 cm³/mol. The number of hydrogen-bond donors (Lipinski definition) is 0. The Morgan fingerprint density at radius 2 is 2.33 bits per heavy atom. The van der Waals surface area contributed by atoms with Crippen LogP contribution in [0.2, 0.25) is 0 Å². The predicted octanol–water partition coefficient (Wildman–Crippen LogP) is 2.11. The summed E-state index contributed by atoms with van der Waals surface area (Å²) < 4.78 is 0. The maximum absolute atomic E-state index is 8.50. The molecule has 0 amide bonds. The van der Waals surface area contributed by atoms with Gasteiger partial charge in [0.05, 0.1) is 6.07 Å². The van der Waals surface area contributed by atoms with Gasteiger partial charge in [-0.15, -0.1) is 6.58 Å². The number of hydrogen-bond acceptors (Lipinski definition) is 1. The van der Waals surface area contributed by atoms with Crippen molar-refractivity contribution in [3.8, 4) is 6.07 Å². The summed E-state index contributed by atoms with van der Waals surface area (Å²) >= 11 is 0. The van der Waals surface area contributed by atoms with E-state index in [-0.39, 0.29) is 0 Å². The number of allylic oxidation sites excluding steroid dienone is 1. The fraction of sp³-hybridized carbons (Fsp3) is 0.625. The second-order valence-electron chi connectivity index (χ2n) is 2.63. The second-order valence-corrected chi connectivity index (χ2v) is 2.63. The van der Waals surface area contributed by atoms with Crippen molar-refractivity contribution in [2.24, 2.45) is 11.8 Å². The van der Waals surface area contributed by atoms with Crippen molar-refractivity contribution in [2.75, 3.05) is 0 Å². The molecule has 1 aliphatic rings. The Balaban J connectivity index is 2.39. The Hall–Kier alpha value is -0.770. The van der Waals surface area contributed by atoms with Crippen molar-refractivity contribution in [1.82, 2.24) is 0 Å². The zero-order valence-electron chi connectivity index (χ0n) is 5.51. The van der Waals surface area contributed by atoms with E-state index in [0.717, 1.165) is 12.8 Å². The maximum Gasteiger partial charge on any atom is 0.0656 e. The molecule has 0 saturated heterocycles. The molecule has 48 valence electrons. The molecule has 2 atom stereocenters. The van der Waals surface area contributed by atoms with Crippen LogP contribution in [0.1, 0.15) is 19.3 Å². The lowest BCUT2D eigenvalue weighted by molar-refractivity contribution is 0.649. The number of nitrogens with zero attached hydrogens (tertiary/aromatic N) is 1. The van der Waals surface area contributed by atoms with Crippen molar-refractivity contribution >= 4 is 0 Å². The summed E-state index contributed by atoms with van der Waals surface area (Å²) in [5, 5.41) is 8.50. The summed E-state index contributed by atoms with van der Waals surface area (Å²) in [5.74, 6) is 0.933. The third kappa shape index (κ3) is 1.32. The summed E-state index contributed by atoms with van der Waals surface area (Å²) in [5.41, 5.74) is 0. The van der Waals surface area contributed by atoms with Gasteiger partial charge in [0.15, 0.2) is 0 Å². The van der Waals surface area contributed by atoms with Crippen LogP contribution in [0.15, 0.2) is 12.7 Å². The first-order chi connectivity index (χ1) is 4.36. The van der Waals surface area contributed by atoms with E-state index in [4.69, 9.17) is 5.26 Å². The van der Waals surface area contributed by atoms with Gasteiger partial charge in [-0.05, 0) is 25.2 Å². The Labute approximate surface area is 56.0 Å². The van der Waals surface area contributed by atoms with Crippen LogP contribution in [0.25, 0.3) is 0 Å². The molecule has 0 spiro atoms. The average molecular weight is 121 g/mol. The number of nitriles is 1. The van der Waals surface area contributed by atoms with Gasteiger partial charge in [-0.2, -0.15) is 5.26 Å². The highest BCUT2D eigenvalue weighted by Crippen LogP contribution is 2.30. The fourth-order valence-electron chi connectivity index (χ4n) is 1.35. The minimum Gasteiger partial charge on any atom is -0.198 e. The summed E-state index contributed by atoms with van der Waals surface area (Å²) in [6.45, 7) is 3.70. The van der Waals surface area contributed by atoms with Gasteiger partial charge in [-0.1, -0.05) is 6.08 Å². The molecular weight excluding hydrogens is 110 g/mol. The van der Waals surface area contributed by atoms with Gasteiger partial charge in [0, 0.05) is 5.92 Å². The van der Waals surface area contributed by atoms with Crippen molar-refractivity contribution in [3.05, 3.63) is 12.7 Å². The Morgan fingerprint density at radius 3 is 2.67 bits per heavy atom. The van der Waals surface area contributed by atoms with Gasteiger partial charge in [-0.3, -0.25) is 0 Å². The highest BCUT2D eigenvalue weighted by atomic mass is 14.3. The number of rotatable bonds is 1. The molecule has 0 aromatic heterocycles. The van der Waals surface area contributed by atoms with Gasteiger partial charge < -0.3 is 0 Å². The molecule has 1 rings (SSSR count).